The molecule has 2 heteroatoms. The molecule has 0 amide bonds. The van der Waals surface area contributed by atoms with Crippen molar-refractivity contribution in [2.75, 3.05) is 12.5 Å². The summed E-state index contributed by atoms with van der Waals surface area (Å²) in [6.07, 6.45) is 4.46. The van der Waals surface area contributed by atoms with Gasteiger partial charge in [-0.15, -0.1) is 0 Å². The molecule has 0 saturated heterocycles. The molecule has 0 heterocycles. The van der Waals surface area contributed by atoms with Gasteiger partial charge in [-0.1, -0.05) is 18.2 Å². The minimum absolute atomic E-state index is 0. The quantitative estimate of drug-likeness (QED) is 0.448. The van der Waals surface area contributed by atoms with E-state index in [1.807, 2.05) is 0 Å². The van der Waals surface area contributed by atoms with E-state index >= 15 is 0 Å². The molecule has 0 unspecified atom stereocenters. The van der Waals surface area contributed by atoms with Crippen LogP contribution in [-0.4, -0.2) is 12.5 Å². The average molecular weight is 266 g/mol. The molecule has 0 bridgehead atoms. The second-order valence-electron chi connectivity index (χ2n) is 2.13. The summed E-state index contributed by atoms with van der Waals surface area (Å²) in [6, 6.07) is 10.6. The van der Waals surface area contributed by atoms with Crippen LogP contribution in [0.5, 0.6) is 0 Å². The molecule has 0 atom stereocenters. The maximum absolute atomic E-state index is 2.23. The van der Waals surface area contributed by atoms with Crippen molar-refractivity contribution in [1.29, 1.82) is 0 Å². The summed E-state index contributed by atoms with van der Waals surface area (Å²) in [5.41, 5.74) is 0. The third-order valence-electron chi connectivity index (χ3n) is 1.21. The van der Waals surface area contributed by atoms with Gasteiger partial charge in [0.25, 0.3) is 0 Å². The first-order valence-electron chi connectivity index (χ1n) is 2.93. The number of halogens is 1. The summed E-state index contributed by atoms with van der Waals surface area (Å²) in [7, 11) is 0.421. The average Bonchev–Trinajstić information content (AvgIpc) is 1.90. The van der Waals surface area contributed by atoms with Crippen molar-refractivity contribution in [3.63, 3.8) is 0 Å². The number of benzene rings is 1. The molecule has 0 nitrogen and oxygen atoms in total. The van der Waals surface area contributed by atoms with Gasteiger partial charge in [0.1, 0.15) is 12.5 Å². The first-order chi connectivity index (χ1) is 4.30. The Bertz CT molecular complexity index is 172. The lowest BCUT2D eigenvalue weighted by Gasteiger charge is -1.91. The standard InChI is InChI=1S/C8H11S.HI/c1-9(2)8-6-4-3-5-7-8;/h3-7H,1-2H3;1H/q+1;/p-1. The van der Waals surface area contributed by atoms with E-state index in [9.17, 15) is 0 Å². The number of hydrogen-bond donors (Lipinski definition) is 0. The summed E-state index contributed by atoms with van der Waals surface area (Å²) in [5.74, 6) is 0. The highest BCUT2D eigenvalue weighted by molar-refractivity contribution is 7.95. The van der Waals surface area contributed by atoms with Gasteiger partial charge in [0.2, 0.25) is 0 Å². The molecule has 56 valence electrons. The summed E-state index contributed by atoms with van der Waals surface area (Å²) in [5, 5.41) is 0. The Kier molecular flexibility index (Phi) is 5.17. The van der Waals surface area contributed by atoms with Crippen LogP contribution >= 0.6 is 0 Å². The molecule has 0 fully saturated rings. The minimum Gasteiger partial charge on any atom is -1.00 e. The van der Waals surface area contributed by atoms with E-state index in [1.165, 1.54) is 4.90 Å². The van der Waals surface area contributed by atoms with Crippen LogP contribution in [-0.2, 0) is 10.9 Å². The topological polar surface area (TPSA) is 0 Å². The molecule has 0 N–H and O–H groups in total. The molecule has 0 saturated carbocycles. The molecule has 1 aromatic rings. The second-order valence-corrected chi connectivity index (χ2v) is 4.23. The fourth-order valence-corrected chi connectivity index (χ4v) is 1.39. The van der Waals surface area contributed by atoms with E-state index in [0.717, 1.165) is 0 Å². The van der Waals surface area contributed by atoms with Crippen molar-refractivity contribution >= 4 is 10.9 Å². The highest BCUT2D eigenvalue weighted by atomic mass is 127. The van der Waals surface area contributed by atoms with Gasteiger partial charge < -0.3 is 24.0 Å². The number of hydrogen-bond acceptors (Lipinski definition) is 0. The van der Waals surface area contributed by atoms with Crippen molar-refractivity contribution in [3.8, 4) is 0 Å². The van der Waals surface area contributed by atoms with Crippen LogP contribution in [0.2, 0.25) is 0 Å². The third-order valence-corrected chi connectivity index (χ3v) is 2.43. The summed E-state index contributed by atoms with van der Waals surface area (Å²) in [4.78, 5) is 1.44. The van der Waals surface area contributed by atoms with Gasteiger partial charge in [-0.2, -0.15) is 0 Å². The van der Waals surface area contributed by atoms with E-state index in [4.69, 9.17) is 0 Å². The van der Waals surface area contributed by atoms with Gasteiger partial charge in [0.15, 0.2) is 4.90 Å². The molecule has 1 rings (SSSR count). The van der Waals surface area contributed by atoms with E-state index in [1.54, 1.807) is 0 Å². The van der Waals surface area contributed by atoms with Gasteiger partial charge in [0.05, 0.1) is 0 Å². The normalized spacial score (nSPS) is 9.10. The first-order valence-corrected chi connectivity index (χ1v) is 4.97. The zero-order valence-electron chi connectivity index (χ0n) is 6.17. The Labute approximate surface area is 82.4 Å². The highest BCUT2D eigenvalue weighted by Crippen LogP contribution is 2.05. The predicted molar refractivity (Wildman–Crippen MR) is 43.9 cm³/mol. The van der Waals surface area contributed by atoms with Crippen LogP contribution in [0.4, 0.5) is 0 Å². The molecule has 0 aliphatic carbocycles. The maximum atomic E-state index is 2.23. The van der Waals surface area contributed by atoms with Crippen LogP contribution < -0.4 is 24.0 Å². The van der Waals surface area contributed by atoms with Crippen molar-refractivity contribution in [2.45, 2.75) is 4.90 Å². The SMILES string of the molecule is C[S+](C)c1ccccc1.[I-]. The van der Waals surface area contributed by atoms with E-state index in [-0.39, 0.29) is 24.0 Å². The van der Waals surface area contributed by atoms with Crippen molar-refractivity contribution in [1.82, 2.24) is 0 Å². The lowest BCUT2D eigenvalue weighted by Crippen LogP contribution is -3.00. The molecule has 10 heavy (non-hydrogen) atoms. The first kappa shape index (κ1) is 10.3. The minimum atomic E-state index is 0. The Balaban J connectivity index is 0.000000810. The maximum Gasteiger partial charge on any atom is 0.154 e. The zero-order chi connectivity index (χ0) is 6.69. The molecule has 1 aromatic carbocycles. The second kappa shape index (κ2) is 5.02. The monoisotopic (exact) mass is 266 g/mol. The third kappa shape index (κ3) is 2.92. The molecule has 0 aliphatic rings. The van der Waals surface area contributed by atoms with Gasteiger partial charge in [-0.05, 0) is 12.1 Å². The molecule has 0 radical (unpaired) electrons. The molecule has 0 aromatic heterocycles. The predicted octanol–water partition coefficient (Wildman–Crippen LogP) is -1.07. The lowest BCUT2D eigenvalue weighted by molar-refractivity contribution is -0.00000196. The fourth-order valence-electron chi connectivity index (χ4n) is 0.693. The summed E-state index contributed by atoms with van der Waals surface area (Å²) < 4.78 is 0. The van der Waals surface area contributed by atoms with Gasteiger partial charge in [0, 0.05) is 10.9 Å². The van der Waals surface area contributed by atoms with Crippen LogP contribution in [0.15, 0.2) is 35.2 Å². The largest absolute Gasteiger partial charge is 1.00 e. The smallest absolute Gasteiger partial charge is 0.154 e. The molecular weight excluding hydrogens is 255 g/mol. The van der Waals surface area contributed by atoms with Crippen LogP contribution in [0.25, 0.3) is 0 Å². The molecule has 0 spiro atoms. The van der Waals surface area contributed by atoms with Crippen molar-refractivity contribution in [2.24, 2.45) is 0 Å². The Morgan fingerprint density at radius 1 is 1.00 bits per heavy atom. The number of rotatable bonds is 1. The zero-order valence-corrected chi connectivity index (χ0v) is 9.15. The Morgan fingerprint density at radius 3 is 1.80 bits per heavy atom. The highest BCUT2D eigenvalue weighted by Gasteiger charge is 2.03. The van der Waals surface area contributed by atoms with Crippen LogP contribution in [0.1, 0.15) is 0 Å². The Hall–Kier alpha value is 0.300. The van der Waals surface area contributed by atoms with Crippen LogP contribution in [0, 0.1) is 0 Å². The summed E-state index contributed by atoms with van der Waals surface area (Å²) >= 11 is 0. The van der Waals surface area contributed by atoms with Gasteiger partial charge >= 0.3 is 0 Å². The molecule has 0 aliphatic heterocycles. The van der Waals surface area contributed by atoms with E-state index < -0.39 is 0 Å². The van der Waals surface area contributed by atoms with E-state index in [0.29, 0.717) is 10.9 Å². The van der Waals surface area contributed by atoms with Crippen molar-refractivity contribution < 1.29 is 24.0 Å². The van der Waals surface area contributed by atoms with E-state index in [2.05, 4.69) is 42.8 Å². The van der Waals surface area contributed by atoms with Gasteiger partial charge in [-0.3, -0.25) is 0 Å². The fraction of sp³-hybridized carbons (Fsp3) is 0.250. The lowest BCUT2D eigenvalue weighted by atomic mass is 10.4. The van der Waals surface area contributed by atoms with Gasteiger partial charge in [-0.25, -0.2) is 0 Å². The Morgan fingerprint density at radius 2 is 1.50 bits per heavy atom. The molecular formula is C8H11IS. The van der Waals surface area contributed by atoms with Crippen molar-refractivity contribution in [3.05, 3.63) is 30.3 Å². The van der Waals surface area contributed by atoms with Crippen LogP contribution in [0.3, 0.4) is 0 Å². The summed E-state index contributed by atoms with van der Waals surface area (Å²) in [6.45, 7) is 0.